The molecular formula is C34H57N5O7. The molecule has 0 heterocycles. The van der Waals surface area contributed by atoms with E-state index in [-0.39, 0.29) is 37.6 Å². The normalized spacial score (nSPS) is 13.3. The van der Waals surface area contributed by atoms with E-state index in [1.165, 1.54) is 4.90 Å². The number of alkyl carbamates (subject to hydrolysis) is 1. The molecule has 2 atom stereocenters. The van der Waals surface area contributed by atoms with Gasteiger partial charge < -0.3 is 36.5 Å². The van der Waals surface area contributed by atoms with Crippen LogP contribution in [-0.2, 0) is 34.1 Å². The average Bonchev–Trinajstić information content (AvgIpc) is 2.88. The van der Waals surface area contributed by atoms with Crippen LogP contribution in [-0.4, -0.2) is 66.2 Å². The molecule has 1 rings (SSSR count). The van der Waals surface area contributed by atoms with Gasteiger partial charge in [0, 0.05) is 31.1 Å². The minimum atomic E-state index is -0.967. The van der Waals surface area contributed by atoms with E-state index in [9.17, 15) is 24.0 Å². The van der Waals surface area contributed by atoms with Crippen molar-refractivity contribution in [3.05, 3.63) is 29.3 Å². The number of anilines is 1. The van der Waals surface area contributed by atoms with Crippen molar-refractivity contribution in [2.24, 2.45) is 11.5 Å². The molecule has 6 N–H and O–H groups in total. The van der Waals surface area contributed by atoms with Crippen molar-refractivity contribution in [1.82, 2.24) is 10.6 Å². The second-order valence-electron chi connectivity index (χ2n) is 14.6. The van der Waals surface area contributed by atoms with Gasteiger partial charge in [0.15, 0.2) is 0 Å². The van der Waals surface area contributed by atoms with Crippen LogP contribution in [0.4, 0.5) is 10.5 Å². The number of hydrogen-bond donors (Lipinski definition) is 4. The van der Waals surface area contributed by atoms with E-state index in [1.807, 2.05) is 25.1 Å². The number of nitrogens with one attached hydrogen (secondary N) is 2. The number of carbonyl (C=O) groups excluding carboxylic acids is 5. The summed E-state index contributed by atoms with van der Waals surface area (Å²) in [7, 11) is 0. The van der Waals surface area contributed by atoms with E-state index in [0.29, 0.717) is 25.1 Å². The number of carbonyl (C=O) groups is 5. The maximum Gasteiger partial charge on any atom is 0.407 e. The second-order valence-corrected chi connectivity index (χ2v) is 14.6. The van der Waals surface area contributed by atoms with Gasteiger partial charge in [0.1, 0.15) is 17.2 Å². The zero-order valence-electron chi connectivity index (χ0n) is 29.5. The van der Waals surface area contributed by atoms with Crippen molar-refractivity contribution in [1.29, 1.82) is 0 Å². The highest BCUT2D eigenvalue weighted by Gasteiger charge is 2.31. The molecule has 0 spiro atoms. The molecule has 0 aliphatic heterocycles. The Balaban J connectivity index is 3.20. The first kappa shape index (κ1) is 40.4. The molecule has 12 heteroatoms. The fourth-order valence-corrected chi connectivity index (χ4v) is 4.70. The predicted molar refractivity (Wildman–Crippen MR) is 179 cm³/mol. The largest absolute Gasteiger partial charge is 0.460 e. The first-order chi connectivity index (χ1) is 21.0. The predicted octanol–water partition coefficient (Wildman–Crippen LogP) is 4.13. The molecule has 12 nitrogen and oxygen atoms in total. The van der Waals surface area contributed by atoms with Crippen molar-refractivity contribution in [2.45, 2.75) is 136 Å². The number of unbranched alkanes of at least 4 members (excludes halogenated alkanes) is 1. The number of esters is 1. The first-order valence-corrected chi connectivity index (χ1v) is 15.9. The van der Waals surface area contributed by atoms with Gasteiger partial charge in [-0.3, -0.25) is 19.2 Å². The summed E-state index contributed by atoms with van der Waals surface area (Å²) in [6.07, 6.45) is 0.581. The number of nitrogens with zero attached hydrogens (tertiary/aromatic N) is 1. The van der Waals surface area contributed by atoms with Gasteiger partial charge in [-0.2, -0.15) is 0 Å². The molecule has 0 aliphatic rings. The molecule has 46 heavy (non-hydrogen) atoms. The number of rotatable bonds is 15. The SMILES string of the molecule is Cc1ccc(C(C)(C)C)cc1N(C(=O)CN)[C@@H](CCC(=O)OC(C)(C)C)CC(=O)N[C@H](CCCCNC(=O)OC(C)(C)C)C(N)=O. The van der Waals surface area contributed by atoms with E-state index >= 15 is 0 Å². The Bertz CT molecular complexity index is 1210. The Labute approximate surface area is 274 Å². The summed E-state index contributed by atoms with van der Waals surface area (Å²) in [5.41, 5.74) is 12.3. The third-order valence-electron chi connectivity index (χ3n) is 6.93. The lowest BCUT2D eigenvalue weighted by atomic mass is 9.86. The van der Waals surface area contributed by atoms with E-state index in [4.69, 9.17) is 20.9 Å². The summed E-state index contributed by atoms with van der Waals surface area (Å²) in [4.78, 5) is 65.2. The number of amides is 4. The van der Waals surface area contributed by atoms with Crippen LogP contribution in [0.1, 0.15) is 112 Å². The fourth-order valence-electron chi connectivity index (χ4n) is 4.70. The number of ether oxygens (including phenoxy) is 2. The summed E-state index contributed by atoms with van der Waals surface area (Å²) in [5.74, 6) is -2.10. The Kier molecular flexibility index (Phi) is 15.2. The van der Waals surface area contributed by atoms with E-state index in [0.717, 1.165) is 11.1 Å². The Morgan fingerprint density at radius 3 is 2.02 bits per heavy atom. The highest BCUT2D eigenvalue weighted by Crippen LogP contribution is 2.32. The maximum atomic E-state index is 13.4. The zero-order chi connectivity index (χ0) is 35.5. The Morgan fingerprint density at radius 1 is 0.891 bits per heavy atom. The average molecular weight is 648 g/mol. The number of benzene rings is 1. The molecule has 0 saturated heterocycles. The lowest BCUT2D eigenvalue weighted by Gasteiger charge is -2.34. The third kappa shape index (κ3) is 15.1. The van der Waals surface area contributed by atoms with Crippen LogP contribution < -0.4 is 27.0 Å². The number of primary amides is 1. The fraction of sp³-hybridized carbons (Fsp3) is 0.676. The van der Waals surface area contributed by atoms with Crippen LogP contribution in [0.15, 0.2) is 18.2 Å². The van der Waals surface area contributed by atoms with Crippen LogP contribution in [0, 0.1) is 6.92 Å². The molecule has 0 aromatic heterocycles. The summed E-state index contributed by atoms with van der Waals surface area (Å²) in [5, 5.41) is 5.36. The topological polar surface area (TPSA) is 183 Å². The van der Waals surface area contributed by atoms with Crippen molar-refractivity contribution in [3.8, 4) is 0 Å². The van der Waals surface area contributed by atoms with Crippen LogP contribution in [0.5, 0.6) is 0 Å². The minimum absolute atomic E-state index is 0.0501. The molecule has 0 aliphatic carbocycles. The van der Waals surface area contributed by atoms with Gasteiger partial charge in [-0.25, -0.2) is 4.79 Å². The number of aryl methyl sites for hydroxylation is 1. The van der Waals surface area contributed by atoms with Gasteiger partial charge in [-0.1, -0.05) is 32.9 Å². The van der Waals surface area contributed by atoms with E-state index in [2.05, 4.69) is 31.4 Å². The van der Waals surface area contributed by atoms with Gasteiger partial charge in [0.2, 0.25) is 17.7 Å². The Hall–Kier alpha value is -3.67. The maximum absolute atomic E-state index is 13.4. The van der Waals surface area contributed by atoms with Crippen LogP contribution in [0.2, 0.25) is 0 Å². The molecule has 0 bridgehead atoms. The molecule has 1 aromatic rings. The molecular weight excluding hydrogens is 590 g/mol. The van der Waals surface area contributed by atoms with Crippen molar-refractivity contribution in [3.63, 3.8) is 0 Å². The quantitative estimate of drug-likeness (QED) is 0.162. The van der Waals surface area contributed by atoms with Gasteiger partial charge >= 0.3 is 12.1 Å². The van der Waals surface area contributed by atoms with Crippen LogP contribution in [0.25, 0.3) is 0 Å². The first-order valence-electron chi connectivity index (χ1n) is 15.9. The molecule has 0 unspecified atom stereocenters. The van der Waals surface area contributed by atoms with Crippen molar-refractivity contribution in [2.75, 3.05) is 18.0 Å². The van der Waals surface area contributed by atoms with Gasteiger partial charge in [0.05, 0.1) is 6.54 Å². The highest BCUT2D eigenvalue weighted by molar-refractivity contribution is 5.97. The molecule has 0 saturated carbocycles. The smallest absolute Gasteiger partial charge is 0.407 e. The summed E-state index contributed by atoms with van der Waals surface area (Å²) in [6, 6.07) is 4.08. The third-order valence-corrected chi connectivity index (χ3v) is 6.93. The number of nitrogens with two attached hydrogens (primary N) is 2. The standard InChI is InChI=1S/C34H57N5O7/c1-22-14-15-23(32(2,3)4)19-26(22)39(28(41)21-35)24(16-17-29(42)45-33(5,6)7)20-27(40)38-25(30(36)43)13-11-12-18-37-31(44)46-34(8,9)10/h14-15,19,24-25H,11-13,16-18,20-21,35H2,1-10H3,(H2,36,43)(H,37,44)(H,38,40)/t24-,25+/m0/s1. The molecule has 4 amide bonds. The lowest BCUT2D eigenvalue weighted by Crippen LogP contribution is -2.49. The molecule has 0 radical (unpaired) electrons. The highest BCUT2D eigenvalue weighted by atomic mass is 16.6. The van der Waals surface area contributed by atoms with Gasteiger partial charge in [0.25, 0.3) is 0 Å². The lowest BCUT2D eigenvalue weighted by molar-refractivity contribution is -0.155. The summed E-state index contributed by atoms with van der Waals surface area (Å²) >= 11 is 0. The zero-order valence-corrected chi connectivity index (χ0v) is 29.5. The molecule has 0 fully saturated rings. The van der Waals surface area contributed by atoms with Crippen molar-refractivity contribution >= 4 is 35.5 Å². The van der Waals surface area contributed by atoms with Crippen molar-refractivity contribution < 1.29 is 33.4 Å². The summed E-state index contributed by atoms with van der Waals surface area (Å²) in [6.45, 7) is 18.6. The molecule has 260 valence electrons. The Morgan fingerprint density at radius 2 is 1.50 bits per heavy atom. The van der Waals surface area contributed by atoms with Gasteiger partial charge in [-0.05, 0) is 96.8 Å². The molecule has 1 aromatic carbocycles. The van der Waals surface area contributed by atoms with Crippen LogP contribution in [0.3, 0.4) is 0 Å². The monoisotopic (exact) mass is 647 g/mol. The minimum Gasteiger partial charge on any atom is -0.460 e. The van der Waals surface area contributed by atoms with Crippen LogP contribution >= 0.6 is 0 Å². The van der Waals surface area contributed by atoms with Gasteiger partial charge in [-0.15, -0.1) is 0 Å². The van der Waals surface area contributed by atoms with E-state index in [1.54, 1.807) is 41.5 Å². The summed E-state index contributed by atoms with van der Waals surface area (Å²) < 4.78 is 10.7. The number of hydrogen-bond acceptors (Lipinski definition) is 8. The second kappa shape index (κ2) is 17.3. The van der Waals surface area contributed by atoms with E-state index < -0.39 is 53.1 Å².